The summed E-state index contributed by atoms with van der Waals surface area (Å²) >= 11 is 0. The highest BCUT2D eigenvalue weighted by Gasteiger charge is 2.10. The average molecular weight is 249 g/mol. The number of halogens is 2. The Morgan fingerprint density at radius 3 is 2.67 bits per heavy atom. The summed E-state index contributed by atoms with van der Waals surface area (Å²) < 4.78 is 25.2. The van der Waals surface area contributed by atoms with Gasteiger partial charge in [0.05, 0.1) is 0 Å². The minimum atomic E-state index is -2.50. The fourth-order valence-electron chi connectivity index (χ4n) is 1.64. The van der Waals surface area contributed by atoms with E-state index in [0.29, 0.717) is 23.6 Å². The molecule has 0 aliphatic heterocycles. The number of hydrogen-bond acceptors (Lipinski definition) is 3. The zero-order valence-electron chi connectivity index (χ0n) is 9.90. The predicted molar refractivity (Wildman–Crippen MR) is 66.2 cm³/mol. The second kappa shape index (κ2) is 5.08. The van der Waals surface area contributed by atoms with Crippen molar-refractivity contribution in [2.75, 3.05) is 5.73 Å². The minimum absolute atomic E-state index is 0.0448. The fraction of sp³-hybridized carbons (Fsp3) is 0.231. The molecule has 1 heterocycles. The largest absolute Gasteiger partial charge is 0.384 e. The van der Waals surface area contributed by atoms with Crippen LogP contribution in [0, 0.1) is 0 Å². The molecule has 0 aliphatic rings. The molecule has 2 aromatic rings. The van der Waals surface area contributed by atoms with Crippen LogP contribution >= 0.6 is 0 Å². The van der Waals surface area contributed by atoms with Crippen LogP contribution in [0.5, 0.6) is 0 Å². The lowest BCUT2D eigenvalue weighted by Gasteiger charge is -2.06. The van der Waals surface area contributed by atoms with Gasteiger partial charge in [-0.15, -0.1) is 0 Å². The van der Waals surface area contributed by atoms with Crippen LogP contribution in [-0.2, 0) is 6.42 Å². The van der Waals surface area contributed by atoms with Crippen LogP contribution < -0.4 is 5.73 Å². The second-order valence-corrected chi connectivity index (χ2v) is 3.89. The molecular formula is C13H13F2N3. The molecule has 0 saturated carbocycles. The number of anilines is 1. The van der Waals surface area contributed by atoms with Crippen LogP contribution in [0.3, 0.4) is 0 Å². The van der Waals surface area contributed by atoms with Gasteiger partial charge < -0.3 is 5.73 Å². The summed E-state index contributed by atoms with van der Waals surface area (Å²) in [6.45, 7) is 1.95. The van der Waals surface area contributed by atoms with Crippen LogP contribution in [0.25, 0.3) is 11.4 Å². The number of hydrogen-bond donors (Lipinski definition) is 1. The number of nitrogens with two attached hydrogens (primary N) is 1. The summed E-state index contributed by atoms with van der Waals surface area (Å²) in [5, 5.41) is 0. The van der Waals surface area contributed by atoms with Crippen molar-refractivity contribution in [2.45, 2.75) is 19.8 Å². The first-order valence-corrected chi connectivity index (χ1v) is 5.62. The zero-order chi connectivity index (χ0) is 13.1. The minimum Gasteiger partial charge on any atom is -0.384 e. The number of rotatable bonds is 3. The van der Waals surface area contributed by atoms with E-state index in [2.05, 4.69) is 9.97 Å². The molecule has 18 heavy (non-hydrogen) atoms. The molecule has 0 aliphatic carbocycles. The maximum atomic E-state index is 12.6. The lowest BCUT2D eigenvalue weighted by atomic mass is 10.1. The van der Waals surface area contributed by atoms with Crippen LogP contribution in [0.1, 0.15) is 24.6 Å². The fourth-order valence-corrected chi connectivity index (χ4v) is 1.64. The van der Waals surface area contributed by atoms with Gasteiger partial charge in [0.2, 0.25) is 0 Å². The number of benzene rings is 1. The summed E-state index contributed by atoms with van der Waals surface area (Å²) in [4.78, 5) is 8.36. The summed E-state index contributed by atoms with van der Waals surface area (Å²) in [7, 11) is 0. The van der Waals surface area contributed by atoms with Gasteiger partial charge in [0.1, 0.15) is 5.82 Å². The average Bonchev–Trinajstić information content (AvgIpc) is 2.38. The highest BCUT2D eigenvalue weighted by Crippen LogP contribution is 2.24. The van der Waals surface area contributed by atoms with Gasteiger partial charge in [0.15, 0.2) is 5.82 Å². The topological polar surface area (TPSA) is 51.8 Å². The Balaban J connectivity index is 2.47. The third-order valence-electron chi connectivity index (χ3n) is 2.56. The SMILES string of the molecule is CCc1cc(N)nc(-c2cccc(C(F)F)c2)n1. The molecule has 0 saturated heterocycles. The first kappa shape index (κ1) is 12.4. The quantitative estimate of drug-likeness (QED) is 0.908. The maximum Gasteiger partial charge on any atom is 0.263 e. The molecule has 0 radical (unpaired) electrons. The molecule has 1 aromatic carbocycles. The Labute approximate surface area is 104 Å². The smallest absolute Gasteiger partial charge is 0.263 e. The normalized spacial score (nSPS) is 10.9. The maximum absolute atomic E-state index is 12.6. The number of alkyl halides is 2. The summed E-state index contributed by atoms with van der Waals surface area (Å²) in [6, 6.07) is 7.70. The Bertz CT molecular complexity index is 556. The molecule has 2 N–H and O–H groups in total. The van der Waals surface area contributed by atoms with Crippen molar-refractivity contribution in [3.8, 4) is 11.4 Å². The van der Waals surface area contributed by atoms with Gasteiger partial charge in [-0.3, -0.25) is 0 Å². The van der Waals surface area contributed by atoms with Gasteiger partial charge in [0, 0.05) is 22.9 Å². The Morgan fingerprint density at radius 1 is 1.22 bits per heavy atom. The van der Waals surface area contributed by atoms with E-state index in [1.54, 1.807) is 18.2 Å². The number of aromatic nitrogens is 2. The third kappa shape index (κ3) is 2.61. The van der Waals surface area contributed by atoms with Crippen molar-refractivity contribution < 1.29 is 8.78 Å². The van der Waals surface area contributed by atoms with Gasteiger partial charge in [-0.1, -0.05) is 25.1 Å². The van der Waals surface area contributed by atoms with Crippen molar-refractivity contribution in [1.82, 2.24) is 9.97 Å². The van der Waals surface area contributed by atoms with E-state index in [4.69, 9.17) is 5.73 Å². The van der Waals surface area contributed by atoms with E-state index in [9.17, 15) is 8.78 Å². The van der Waals surface area contributed by atoms with Gasteiger partial charge in [-0.25, -0.2) is 18.7 Å². The van der Waals surface area contributed by atoms with Crippen molar-refractivity contribution in [1.29, 1.82) is 0 Å². The van der Waals surface area contributed by atoms with Gasteiger partial charge >= 0.3 is 0 Å². The molecule has 2 rings (SSSR count). The number of aryl methyl sites for hydroxylation is 1. The molecule has 0 fully saturated rings. The summed E-state index contributed by atoms with van der Waals surface area (Å²) in [6.07, 6.45) is -1.79. The van der Waals surface area contributed by atoms with E-state index in [-0.39, 0.29) is 5.56 Å². The Morgan fingerprint density at radius 2 is 2.00 bits per heavy atom. The Kier molecular flexibility index (Phi) is 3.50. The van der Waals surface area contributed by atoms with Crippen molar-refractivity contribution in [3.05, 3.63) is 41.6 Å². The van der Waals surface area contributed by atoms with Crippen LogP contribution in [0.4, 0.5) is 14.6 Å². The van der Waals surface area contributed by atoms with Crippen LogP contribution in [-0.4, -0.2) is 9.97 Å². The van der Waals surface area contributed by atoms with E-state index in [1.165, 1.54) is 12.1 Å². The first-order chi connectivity index (χ1) is 8.60. The third-order valence-corrected chi connectivity index (χ3v) is 2.56. The lowest BCUT2D eigenvalue weighted by Crippen LogP contribution is -2.00. The molecule has 5 heteroatoms. The summed E-state index contributed by atoms with van der Waals surface area (Å²) in [5.74, 6) is 0.730. The molecular weight excluding hydrogens is 236 g/mol. The summed E-state index contributed by atoms with van der Waals surface area (Å²) in [5.41, 5.74) is 6.97. The molecule has 0 unspecified atom stereocenters. The van der Waals surface area contributed by atoms with Crippen LogP contribution in [0.15, 0.2) is 30.3 Å². The zero-order valence-corrected chi connectivity index (χ0v) is 9.90. The van der Waals surface area contributed by atoms with Gasteiger partial charge in [-0.05, 0) is 12.5 Å². The van der Waals surface area contributed by atoms with Crippen molar-refractivity contribution in [3.63, 3.8) is 0 Å². The number of nitrogen functional groups attached to an aromatic ring is 1. The second-order valence-electron chi connectivity index (χ2n) is 3.89. The van der Waals surface area contributed by atoms with Gasteiger partial charge in [0.25, 0.3) is 6.43 Å². The molecule has 1 aromatic heterocycles. The monoisotopic (exact) mass is 249 g/mol. The lowest BCUT2D eigenvalue weighted by molar-refractivity contribution is 0.151. The number of nitrogens with zero attached hydrogens (tertiary/aromatic N) is 2. The molecule has 0 atom stereocenters. The predicted octanol–water partition coefficient (Wildman–Crippen LogP) is 3.23. The first-order valence-electron chi connectivity index (χ1n) is 5.62. The van der Waals surface area contributed by atoms with Crippen LogP contribution in [0.2, 0.25) is 0 Å². The molecule has 94 valence electrons. The van der Waals surface area contributed by atoms with E-state index in [0.717, 1.165) is 5.69 Å². The standard InChI is InChI=1S/C13H13F2N3/c1-2-10-7-11(16)18-13(17-10)9-5-3-4-8(6-9)12(14)15/h3-7,12H,2H2,1H3,(H2,16,17,18). The van der Waals surface area contributed by atoms with Crippen molar-refractivity contribution >= 4 is 5.82 Å². The van der Waals surface area contributed by atoms with Crippen molar-refractivity contribution in [2.24, 2.45) is 0 Å². The van der Waals surface area contributed by atoms with E-state index < -0.39 is 6.43 Å². The Hall–Kier alpha value is -2.04. The highest BCUT2D eigenvalue weighted by atomic mass is 19.3. The molecule has 0 amide bonds. The molecule has 3 nitrogen and oxygen atoms in total. The van der Waals surface area contributed by atoms with Gasteiger partial charge in [-0.2, -0.15) is 0 Å². The van der Waals surface area contributed by atoms with E-state index >= 15 is 0 Å². The van der Waals surface area contributed by atoms with E-state index in [1.807, 2.05) is 6.92 Å². The molecule has 0 spiro atoms. The highest BCUT2D eigenvalue weighted by molar-refractivity contribution is 5.58. The molecule has 0 bridgehead atoms.